The number of fused-ring (bicyclic) bond motifs is 1. The van der Waals surface area contributed by atoms with Crippen molar-refractivity contribution >= 4 is 28.6 Å². The van der Waals surface area contributed by atoms with Crippen molar-refractivity contribution in [3.05, 3.63) is 64.5 Å². The number of nitrogens with one attached hydrogen (secondary N) is 1. The number of rotatable bonds is 5. The van der Waals surface area contributed by atoms with Crippen molar-refractivity contribution in [2.45, 2.75) is 25.4 Å². The van der Waals surface area contributed by atoms with Gasteiger partial charge in [-0.25, -0.2) is 4.98 Å². The summed E-state index contributed by atoms with van der Waals surface area (Å²) in [6.07, 6.45) is 2.72. The molecule has 2 heterocycles. The number of nitrogens with zero attached hydrogens (tertiary/aromatic N) is 1. The van der Waals surface area contributed by atoms with E-state index in [1.807, 2.05) is 24.3 Å². The maximum absolute atomic E-state index is 12.3. The summed E-state index contributed by atoms with van der Waals surface area (Å²) in [6, 6.07) is 12.9. The molecule has 5 nitrogen and oxygen atoms in total. The number of aromatic nitrogens is 1. The number of hydrogen-bond donors (Lipinski definition) is 1. The van der Waals surface area contributed by atoms with Gasteiger partial charge in [0.25, 0.3) is 5.91 Å². The third-order valence-corrected chi connectivity index (χ3v) is 4.69. The molecule has 4 rings (SSSR count). The summed E-state index contributed by atoms with van der Waals surface area (Å²) in [5.74, 6) is 0.467. The zero-order valence-electron chi connectivity index (χ0n) is 14.2. The standard InChI is InChI=1S/C20H19ClN2O3/c21-15-4-1-3-13(9-15)10-19-23-17-7-6-14(11-18(17)26-19)20(24)22-12-16-5-2-8-25-16/h1,3-4,6-7,9,11,16H,2,5,8,10,12H2,(H,22,24). The summed E-state index contributed by atoms with van der Waals surface area (Å²) >= 11 is 6.02. The molecule has 1 N–H and O–H groups in total. The van der Waals surface area contributed by atoms with Gasteiger partial charge in [0.1, 0.15) is 5.52 Å². The largest absolute Gasteiger partial charge is 0.440 e. The van der Waals surface area contributed by atoms with E-state index in [0.717, 1.165) is 30.5 Å². The van der Waals surface area contributed by atoms with Crippen LogP contribution in [0.2, 0.25) is 5.02 Å². The number of carbonyl (C=O) groups is 1. The fourth-order valence-electron chi connectivity index (χ4n) is 3.12. The summed E-state index contributed by atoms with van der Waals surface area (Å²) in [5, 5.41) is 3.60. The molecule has 0 spiro atoms. The molecule has 1 aliphatic heterocycles. The van der Waals surface area contributed by atoms with Crippen LogP contribution in [0.4, 0.5) is 0 Å². The van der Waals surface area contributed by atoms with Gasteiger partial charge in [0.05, 0.1) is 6.10 Å². The highest BCUT2D eigenvalue weighted by molar-refractivity contribution is 6.30. The van der Waals surface area contributed by atoms with Crippen LogP contribution in [0, 0.1) is 0 Å². The smallest absolute Gasteiger partial charge is 0.251 e. The van der Waals surface area contributed by atoms with Crippen LogP contribution in [0.25, 0.3) is 11.1 Å². The lowest BCUT2D eigenvalue weighted by Crippen LogP contribution is -2.31. The van der Waals surface area contributed by atoms with Gasteiger partial charge >= 0.3 is 0 Å². The molecule has 3 aromatic rings. The second-order valence-electron chi connectivity index (χ2n) is 6.44. The highest BCUT2D eigenvalue weighted by Gasteiger charge is 2.17. The average molecular weight is 371 g/mol. The first kappa shape index (κ1) is 17.1. The van der Waals surface area contributed by atoms with Crippen LogP contribution < -0.4 is 5.32 Å². The molecule has 1 atom stereocenters. The number of ether oxygens (including phenoxy) is 1. The predicted molar refractivity (Wildman–Crippen MR) is 99.6 cm³/mol. The fraction of sp³-hybridized carbons (Fsp3) is 0.300. The molecule has 1 aromatic heterocycles. The Labute approximate surface area is 156 Å². The quantitative estimate of drug-likeness (QED) is 0.737. The molecular weight excluding hydrogens is 352 g/mol. The van der Waals surface area contributed by atoms with Crippen molar-refractivity contribution in [1.29, 1.82) is 0 Å². The van der Waals surface area contributed by atoms with Crippen LogP contribution in [0.1, 0.15) is 34.7 Å². The van der Waals surface area contributed by atoms with Gasteiger partial charge in [-0.1, -0.05) is 23.7 Å². The second kappa shape index (κ2) is 7.48. The van der Waals surface area contributed by atoms with E-state index >= 15 is 0 Å². The van der Waals surface area contributed by atoms with Crippen LogP contribution in [-0.4, -0.2) is 30.1 Å². The first-order chi connectivity index (χ1) is 12.7. The van der Waals surface area contributed by atoms with Crippen molar-refractivity contribution in [2.75, 3.05) is 13.2 Å². The van der Waals surface area contributed by atoms with Gasteiger partial charge in [-0.15, -0.1) is 0 Å². The molecule has 2 aromatic carbocycles. The summed E-state index contributed by atoms with van der Waals surface area (Å²) in [7, 11) is 0. The molecule has 134 valence electrons. The SMILES string of the molecule is O=C(NCC1CCCO1)c1ccc2nc(Cc3cccc(Cl)c3)oc2c1. The van der Waals surface area contributed by atoms with Gasteiger partial charge in [-0.05, 0) is 48.7 Å². The predicted octanol–water partition coefficient (Wildman–Crippen LogP) is 3.98. The third kappa shape index (κ3) is 3.89. The molecule has 1 amide bonds. The minimum Gasteiger partial charge on any atom is -0.440 e. The van der Waals surface area contributed by atoms with E-state index in [-0.39, 0.29) is 12.0 Å². The number of hydrogen-bond acceptors (Lipinski definition) is 4. The van der Waals surface area contributed by atoms with Crippen molar-refractivity contribution < 1.29 is 13.9 Å². The Hall–Kier alpha value is -2.37. The van der Waals surface area contributed by atoms with Crippen LogP contribution in [0.15, 0.2) is 46.9 Å². The lowest BCUT2D eigenvalue weighted by atomic mass is 10.1. The van der Waals surface area contributed by atoms with Gasteiger partial charge in [0.15, 0.2) is 11.5 Å². The third-order valence-electron chi connectivity index (χ3n) is 4.45. The molecule has 0 radical (unpaired) electrons. The Balaban J connectivity index is 1.47. The zero-order chi connectivity index (χ0) is 17.9. The molecule has 1 aliphatic rings. The van der Waals surface area contributed by atoms with Crippen LogP contribution in [0.3, 0.4) is 0 Å². The Morgan fingerprint density at radius 1 is 1.27 bits per heavy atom. The Bertz CT molecular complexity index is 932. The molecule has 26 heavy (non-hydrogen) atoms. The minimum atomic E-state index is -0.129. The molecule has 0 bridgehead atoms. The van der Waals surface area contributed by atoms with Gasteiger partial charge in [0, 0.05) is 30.2 Å². The Kier molecular flexibility index (Phi) is 4.91. The van der Waals surface area contributed by atoms with Gasteiger partial charge in [-0.2, -0.15) is 0 Å². The van der Waals surface area contributed by atoms with E-state index < -0.39 is 0 Å². The summed E-state index contributed by atoms with van der Waals surface area (Å²) in [5.41, 5.74) is 2.92. The van der Waals surface area contributed by atoms with E-state index in [1.54, 1.807) is 18.2 Å². The number of halogens is 1. The molecule has 1 saturated heterocycles. The number of oxazole rings is 1. The maximum Gasteiger partial charge on any atom is 0.251 e. The van der Waals surface area contributed by atoms with E-state index in [2.05, 4.69) is 10.3 Å². The highest BCUT2D eigenvalue weighted by atomic mass is 35.5. The van der Waals surface area contributed by atoms with Crippen LogP contribution >= 0.6 is 11.6 Å². The molecule has 1 fully saturated rings. The Morgan fingerprint density at radius 3 is 3.00 bits per heavy atom. The normalized spacial score (nSPS) is 16.9. The van der Waals surface area contributed by atoms with Crippen molar-refractivity contribution in [1.82, 2.24) is 10.3 Å². The van der Waals surface area contributed by atoms with Gasteiger partial charge < -0.3 is 14.5 Å². The van der Waals surface area contributed by atoms with Crippen LogP contribution in [-0.2, 0) is 11.2 Å². The summed E-state index contributed by atoms with van der Waals surface area (Å²) in [6.45, 7) is 1.31. The van der Waals surface area contributed by atoms with Crippen molar-refractivity contribution in [3.8, 4) is 0 Å². The zero-order valence-corrected chi connectivity index (χ0v) is 15.0. The molecule has 1 unspecified atom stereocenters. The monoisotopic (exact) mass is 370 g/mol. The van der Waals surface area contributed by atoms with E-state index in [9.17, 15) is 4.79 Å². The first-order valence-corrected chi connectivity index (χ1v) is 9.09. The van der Waals surface area contributed by atoms with Crippen molar-refractivity contribution in [3.63, 3.8) is 0 Å². The lowest BCUT2D eigenvalue weighted by molar-refractivity contribution is 0.0858. The van der Waals surface area contributed by atoms with E-state index in [1.165, 1.54) is 0 Å². The van der Waals surface area contributed by atoms with Gasteiger partial charge in [-0.3, -0.25) is 4.79 Å². The number of amides is 1. The summed E-state index contributed by atoms with van der Waals surface area (Å²) < 4.78 is 11.3. The summed E-state index contributed by atoms with van der Waals surface area (Å²) in [4.78, 5) is 16.8. The first-order valence-electron chi connectivity index (χ1n) is 8.71. The highest BCUT2D eigenvalue weighted by Crippen LogP contribution is 2.21. The number of carbonyl (C=O) groups excluding carboxylic acids is 1. The average Bonchev–Trinajstić information content (AvgIpc) is 3.28. The topological polar surface area (TPSA) is 64.4 Å². The molecule has 6 heteroatoms. The second-order valence-corrected chi connectivity index (χ2v) is 6.88. The van der Waals surface area contributed by atoms with E-state index in [4.69, 9.17) is 20.8 Å². The Morgan fingerprint density at radius 2 is 2.19 bits per heavy atom. The maximum atomic E-state index is 12.3. The molecular formula is C20H19ClN2O3. The molecule has 0 saturated carbocycles. The minimum absolute atomic E-state index is 0.122. The fourth-order valence-corrected chi connectivity index (χ4v) is 3.34. The molecule has 0 aliphatic carbocycles. The number of benzene rings is 2. The van der Waals surface area contributed by atoms with Gasteiger partial charge in [0.2, 0.25) is 0 Å². The van der Waals surface area contributed by atoms with E-state index in [0.29, 0.717) is 35.0 Å². The van der Waals surface area contributed by atoms with Crippen LogP contribution in [0.5, 0.6) is 0 Å². The lowest BCUT2D eigenvalue weighted by Gasteiger charge is -2.10. The van der Waals surface area contributed by atoms with Crippen molar-refractivity contribution in [2.24, 2.45) is 0 Å².